The molecule has 5 aromatic rings. The van der Waals surface area contributed by atoms with Crippen molar-refractivity contribution in [3.63, 3.8) is 0 Å². The van der Waals surface area contributed by atoms with Crippen molar-refractivity contribution in [2.24, 2.45) is 0 Å². The van der Waals surface area contributed by atoms with Gasteiger partial charge in [0.15, 0.2) is 0 Å². The molecule has 2 radical (unpaired) electrons. The zero-order valence-electron chi connectivity index (χ0n) is 21.3. The molecule has 36 heavy (non-hydrogen) atoms. The summed E-state index contributed by atoms with van der Waals surface area (Å²) in [5.41, 5.74) is 12.4. The van der Waals surface area contributed by atoms with E-state index in [2.05, 4.69) is 113 Å². The van der Waals surface area contributed by atoms with E-state index in [0.717, 1.165) is 9.52 Å². The second-order valence-corrected chi connectivity index (χ2v) is 14.3. The Balaban J connectivity index is 0.000000163. The molecule has 0 saturated carbocycles. The third-order valence-electron chi connectivity index (χ3n) is 6.66. The Morgan fingerprint density at radius 3 is 2.28 bits per heavy atom. The molecule has 0 unspecified atom stereocenters. The number of fused-ring (bicyclic) bond motifs is 4. The molecule has 6 rings (SSSR count). The number of aryl methyl sites for hydroxylation is 4. The largest absolute Gasteiger partial charge is 0.184 e. The molecular formula is C32H28Cl2SiZr. The van der Waals surface area contributed by atoms with Gasteiger partial charge < -0.3 is 0 Å². The Morgan fingerprint density at radius 1 is 0.778 bits per heavy atom. The summed E-state index contributed by atoms with van der Waals surface area (Å²) in [4.78, 5) is 0. The monoisotopic (exact) mass is 600 g/mol. The molecule has 0 nitrogen and oxygen atoms in total. The average Bonchev–Trinajstić information content (AvgIpc) is 3.42. The fourth-order valence-electron chi connectivity index (χ4n) is 4.92. The topological polar surface area (TPSA) is 0 Å². The first-order chi connectivity index (χ1) is 17.3. The third-order valence-corrected chi connectivity index (χ3v) is 8.03. The zero-order chi connectivity index (χ0) is 25.8. The van der Waals surface area contributed by atoms with Crippen molar-refractivity contribution in [2.45, 2.75) is 34.6 Å². The maximum Gasteiger partial charge on any atom is 0.0920 e. The molecule has 1 heterocycles. The van der Waals surface area contributed by atoms with E-state index < -0.39 is 20.8 Å². The normalized spacial score (nSPS) is 11.0. The van der Waals surface area contributed by atoms with Gasteiger partial charge in [0.25, 0.3) is 0 Å². The van der Waals surface area contributed by atoms with Crippen LogP contribution in [0.1, 0.15) is 27.8 Å². The van der Waals surface area contributed by atoms with Gasteiger partial charge in [0.2, 0.25) is 0 Å². The summed E-state index contributed by atoms with van der Waals surface area (Å²) in [6, 6.07) is 31.8. The van der Waals surface area contributed by atoms with E-state index in [-0.39, 0.29) is 0 Å². The van der Waals surface area contributed by atoms with Gasteiger partial charge in [-0.05, 0) is 44.4 Å². The number of hydrogen-bond donors (Lipinski definition) is 0. The summed E-state index contributed by atoms with van der Waals surface area (Å²) >= 11 is -0.826. The van der Waals surface area contributed by atoms with Crippen LogP contribution in [0.2, 0.25) is 0 Å². The Bertz CT molecular complexity index is 1470. The predicted molar refractivity (Wildman–Crippen MR) is 156 cm³/mol. The van der Waals surface area contributed by atoms with Crippen LogP contribution in [0.15, 0.2) is 78.9 Å². The Hall–Kier alpha value is -1.83. The summed E-state index contributed by atoms with van der Waals surface area (Å²) in [7, 11) is 10.7. The molecule has 0 atom stereocenters. The van der Waals surface area contributed by atoms with Crippen LogP contribution in [0, 0.1) is 40.7 Å². The maximum atomic E-state index is 4.93. The van der Waals surface area contributed by atoms with Gasteiger partial charge in [-0.1, -0.05) is 70.8 Å². The van der Waals surface area contributed by atoms with E-state index in [1.54, 1.807) is 0 Å². The van der Waals surface area contributed by atoms with Crippen LogP contribution in [0.25, 0.3) is 33.0 Å². The molecule has 0 N–H and O–H groups in total. The first kappa shape index (κ1) is 27.2. The molecule has 178 valence electrons. The molecule has 5 aromatic carbocycles. The summed E-state index contributed by atoms with van der Waals surface area (Å²) in [6.45, 7) is 11.0. The first-order valence-electron chi connectivity index (χ1n) is 11.9. The van der Waals surface area contributed by atoms with Gasteiger partial charge in [-0.3, -0.25) is 0 Å². The van der Waals surface area contributed by atoms with Gasteiger partial charge in [-0.15, -0.1) is 40.1 Å². The van der Waals surface area contributed by atoms with Crippen LogP contribution in [0.4, 0.5) is 0 Å². The minimum absolute atomic E-state index is 0.795. The van der Waals surface area contributed by atoms with Crippen molar-refractivity contribution in [2.75, 3.05) is 0 Å². The number of benzene rings is 4. The Morgan fingerprint density at radius 2 is 1.50 bits per heavy atom. The molecule has 0 amide bonds. The molecule has 4 heteroatoms. The quantitative estimate of drug-likeness (QED) is 0.131. The standard InChI is InChI=1S/C20H21.C12H7Si.2ClH.Zr/c1-12-8-15(4)16(5)18(10-12)20-14(3)6-7-17-9-13(2)11-19(17)20;1-3-7-11-9(5-1)10-6-2-4-8-12(10)13-11;;;/h6-11H,1-5H3;1-7H;2*1H;/q2*-1;;;+4/p-2. The van der Waals surface area contributed by atoms with Crippen molar-refractivity contribution >= 4 is 47.7 Å². The Labute approximate surface area is 236 Å². The summed E-state index contributed by atoms with van der Waals surface area (Å²) < 4.78 is 0. The Kier molecular flexibility index (Phi) is 9.18. The fraction of sp³-hybridized carbons (Fsp3) is 0.156. The van der Waals surface area contributed by atoms with Crippen molar-refractivity contribution in [3.05, 3.63) is 113 Å². The number of rotatable bonds is 1. The van der Waals surface area contributed by atoms with Crippen molar-refractivity contribution in [3.8, 4) is 22.3 Å². The molecule has 1 aliphatic rings. The molecule has 0 spiro atoms. The number of hydrogen-bond acceptors (Lipinski definition) is 0. The minimum atomic E-state index is -0.826. The van der Waals surface area contributed by atoms with Crippen LogP contribution in [0.3, 0.4) is 0 Å². The van der Waals surface area contributed by atoms with E-state index >= 15 is 0 Å². The van der Waals surface area contributed by atoms with Gasteiger partial charge >= 0.3 is 37.9 Å². The molecule has 0 aromatic heterocycles. The van der Waals surface area contributed by atoms with E-state index in [4.69, 9.17) is 17.0 Å². The van der Waals surface area contributed by atoms with Crippen molar-refractivity contribution in [1.29, 1.82) is 0 Å². The number of halogens is 2. The molecule has 0 saturated heterocycles. The van der Waals surface area contributed by atoms with Crippen LogP contribution in [-0.4, -0.2) is 9.52 Å². The van der Waals surface area contributed by atoms with Crippen LogP contribution < -0.4 is 10.4 Å². The average molecular weight is 603 g/mol. The third kappa shape index (κ3) is 5.84. The molecule has 0 fully saturated rings. The van der Waals surface area contributed by atoms with Crippen molar-refractivity contribution in [1.82, 2.24) is 0 Å². The first-order valence-corrected chi connectivity index (χ1v) is 19.2. The summed E-state index contributed by atoms with van der Waals surface area (Å²) in [6.07, 6.45) is 0. The molecule has 0 aliphatic carbocycles. The van der Waals surface area contributed by atoms with Crippen LogP contribution in [0.5, 0.6) is 0 Å². The smallest absolute Gasteiger partial charge is 0.0920 e. The van der Waals surface area contributed by atoms with Gasteiger partial charge in [0, 0.05) is 0 Å². The van der Waals surface area contributed by atoms with E-state index in [0.29, 0.717) is 0 Å². The maximum absolute atomic E-state index is 4.93. The fourth-order valence-corrected chi connectivity index (χ4v) is 6.23. The molecular weight excluding hydrogens is 575 g/mol. The summed E-state index contributed by atoms with van der Waals surface area (Å²) in [5, 5.41) is 5.56. The zero-order valence-corrected chi connectivity index (χ0v) is 26.2. The van der Waals surface area contributed by atoms with Gasteiger partial charge in [-0.25, -0.2) is 0 Å². The van der Waals surface area contributed by atoms with Gasteiger partial charge in [0.05, 0.1) is 9.52 Å². The van der Waals surface area contributed by atoms with Crippen LogP contribution in [-0.2, 0) is 20.8 Å². The SMILES string of the molecule is Cc1cc(C)c(C)c(-c2c(C)ccc3[cH-]c(C)cc23)c1.[Cl][Zr+2][Cl].[c-]1cccc2c1[Si]c1ccccc1-2. The van der Waals surface area contributed by atoms with E-state index in [9.17, 15) is 0 Å². The predicted octanol–water partition coefficient (Wildman–Crippen LogP) is 8.27. The molecule has 1 aliphatic heterocycles. The minimum Gasteiger partial charge on any atom is -0.184 e. The van der Waals surface area contributed by atoms with E-state index in [1.807, 2.05) is 6.07 Å². The second kappa shape index (κ2) is 12.1. The summed E-state index contributed by atoms with van der Waals surface area (Å²) in [5.74, 6) is 0. The van der Waals surface area contributed by atoms with Gasteiger partial charge in [0.1, 0.15) is 0 Å². The van der Waals surface area contributed by atoms with E-state index in [1.165, 1.54) is 71.2 Å². The molecule has 0 bridgehead atoms. The van der Waals surface area contributed by atoms with Crippen LogP contribution >= 0.6 is 17.0 Å². The van der Waals surface area contributed by atoms with Crippen molar-refractivity contribution < 1.29 is 20.8 Å². The second-order valence-electron chi connectivity index (χ2n) is 9.25. The van der Waals surface area contributed by atoms with Gasteiger partial charge in [-0.2, -0.15) is 35.5 Å².